The fourth-order valence-corrected chi connectivity index (χ4v) is 21.5. The normalized spacial score (nSPS) is 12.5. The summed E-state index contributed by atoms with van der Waals surface area (Å²) in [4.78, 5) is 0. The zero-order valence-electron chi connectivity index (χ0n) is 56.3. The molecule has 0 saturated carbocycles. The van der Waals surface area contributed by atoms with E-state index in [1.807, 2.05) is 340 Å². The van der Waals surface area contributed by atoms with Crippen LogP contribution in [0.1, 0.15) is 72.1 Å². The molecule has 0 amide bonds. The van der Waals surface area contributed by atoms with Crippen LogP contribution in [0.5, 0.6) is 0 Å². The SMILES string of the molecule is C=CC[C@H](NP(=O)(c1ccccc1)c1ccccc1)c1ccccc1.C=CC[C@H](NP(=O)(c1ccccc1)c1ccccc1)c1ccccc1.C=CC[C@H](NP(=O)(c1ccccc1)c1ccccc1)c1ccccc1.C=CC[C@H](NP(=O)(c1ccccc1)c1ccccc1)c1ccccc1. The van der Waals surface area contributed by atoms with E-state index >= 15 is 0 Å². The fourth-order valence-electron chi connectivity index (χ4n) is 11.6. The van der Waals surface area contributed by atoms with Crippen LogP contribution in [-0.4, -0.2) is 0 Å². The van der Waals surface area contributed by atoms with E-state index in [1.54, 1.807) is 0 Å². The van der Waals surface area contributed by atoms with E-state index in [4.69, 9.17) is 0 Å². The van der Waals surface area contributed by atoms with Crippen LogP contribution in [-0.2, 0) is 18.3 Å². The van der Waals surface area contributed by atoms with Crippen LogP contribution in [0.25, 0.3) is 0 Å². The molecule has 4 atom stereocenters. The maximum absolute atomic E-state index is 14.1. The molecule has 0 aliphatic rings. The van der Waals surface area contributed by atoms with Crippen LogP contribution >= 0.6 is 29.2 Å². The molecule has 0 aliphatic heterocycles. The van der Waals surface area contributed by atoms with E-state index < -0.39 is 29.2 Å². The minimum Gasteiger partial charge on any atom is -0.297 e. The zero-order valence-corrected chi connectivity index (χ0v) is 59.9. The standard InChI is InChI=1S/4C22H22NOP/c4*1-2-12-22(19-13-6-3-7-14-19)23-25(24,20-15-8-4-9-16-20)21-17-10-5-11-18-21/h4*2-11,13-18,22H,1,12H2,(H,23,24)/t4*22-/m0000/s1. The Labute approximate surface area is 593 Å². The van der Waals surface area contributed by atoms with Gasteiger partial charge in [0.05, 0.1) is 0 Å². The first kappa shape index (κ1) is 74.6. The second kappa shape index (κ2) is 38.6. The van der Waals surface area contributed by atoms with Gasteiger partial charge in [0.1, 0.15) is 0 Å². The Bertz CT molecular complexity index is 3810. The van der Waals surface area contributed by atoms with Crippen LogP contribution in [0.15, 0.2) is 415 Å². The van der Waals surface area contributed by atoms with Gasteiger partial charge in [-0.3, -0.25) is 38.6 Å². The summed E-state index contributed by atoms with van der Waals surface area (Å²) in [6.07, 6.45) is 10.3. The second-order valence-corrected chi connectivity index (χ2v) is 33.6. The van der Waals surface area contributed by atoms with Crippen LogP contribution < -0.4 is 62.8 Å². The molecule has 0 aromatic heterocycles. The van der Waals surface area contributed by atoms with Gasteiger partial charge in [0.25, 0.3) is 0 Å². The van der Waals surface area contributed by atoms with Crippen molar-refractivity contribution in [2.24, 2.45) is 0 Å². The van der Waals surface area contributed by atoms with Gasteiger partial charge in [-0.05, 0) is 145 Å². The van der Waals surface area contributed by atoms with Gasteiger partial charge in [-0.2, -0.15) is 0 Å². The summed E-state index contributed by atoms with van der Waals surface area (Å²) in [5.41, 5.74) is 4.42. The van der Waals surface area contributed by atoms with Gasteiger partial charge in [-0.25, -0.2) is 0 Å². The quantitative estimate of drug-likeness (QED) is 0.0283. The summed E-state index contributed by atoms with van der Waals surface area (Å²) in [6, 6.07) is 117. The lowest BCUT2D eigenvalue weighted by Gasteiger charge is -2.27. The Morgan fingerprint density at radius 2 is 0.310 bits per heavy atom. The van der Waals surface area contributed by atoms with E-state index in [1.165, 1.54) is 0 Å². The molecule has 100 heavy (non-hydrogen) atoms. The van der Waals surface area contributed by atoms with Crippen molar-refractivity contribution >= 4 is 71.6 Å². The smallest absolute Gasteiger partial charge is 0.205 e. The van der Waals surface area contributed by atoms with Gasteiger partial charge in [0, 0.05) is 66.6 Å². The maximum Gasteiger partial charge on any atom is 0.205 e. The zero-order chi connectivity index (χ0) is 70.1. The van der Waals surface area contributed by atoms with Crippen molar-refractivity contribution in [1.29, 1.82) is 0 Å². The Morgan fingerprint density at radius 1 is 0.200 bits per heavy atom. The van der Waals surface area contributed by atoms with Crippen molar-refractivity contribution in [3.8, 4) is 0 Å². The van der Waals surface area contributed by atoms with Crippen molar-refractivity contribution in [3.05, 3.63) is 437 Å². The predicted octanol–water partition coefficient (Wildman–Crippen LogP) is 19.3. The van der Waals surface area contributed by atoms with Gasteiger partial charge in [-0.15, -0.1) is 26.3 Å². The Balaban J connectivity index is 0.000000156. The summed E-state index contributed by atoms with van der Waals surface area (Å²) in [5, 5.41) is 20.3. The molecule has 0 radical (unpaired) electrons. The van der Waals surface area contributed by atoms with Gasteiger partial charge < -0.3 is 0 Å². The molecule has 0 spiro atoms. The van der Waals surface area contributed by atoms with Crippen molar-refractivity contribution in [1.82, 2.24) is 20.3 Å². The van der Waals surface area contributed by atoms with E-state index in [2.05, 4.69) is 95.2 Å². The largest absolute Gasteiger partial charge is 0.297 e. The molecule has 4 N–H and O–H groups in total. The first-order valence-corrected chi connectivity index (χ1v) is 40.4. The lowest BCUT2D eigenvalue weighted by molar-refractivity contribution is 0.561. The highest BCUT2D eigenvalue weighted by molar-refractivity contribution is 7.78. The summed E-state index contributed by atoms with van der Waals surface area (Å²) in [5.74, 6) is 0. The minimum atomic E-state index is -2.97. The van der Waals surface area contributed by atoms with Crippen molar-refractivity contribution < 1.29 is 18.3 Å². The number of benzene rings is 12. The number of rotatable bonds is 28. The van der Waals surface area contributed by atoms with Crippen molar-refractivity contribution in [3.63, 3.8) is 0 Å². The Kier molecular flexibility index (Phi) is 28.8. The first-order valence-electron chi connectivity index (χ1n) is 33.6. The number of hydrogen-bond donors (Lipinski definition) is 4. The Hall–Kier alpha value is -9.64. The van der Waals surface area contributed by atoms with Crippen LogP contribution in [0.4, 0.5) is 0 Å². The number of nitrogens with one attached hydrogen (secondary N) is 4. The molecule has 0 unspecified atom stereocenters. The third-order valence-corrected chi connectivity index (χ3v) is 27.6. The molecular formula is C88H88N4O4P4. The highest BCUT2D eigenvalue weighted by Crippen LogP contribution is 2.46. The molecule has 12 rings (SSSR count). The van der Waals surface area contributed by atoms with Gasteiger partial charge in [0.2, 0.25) is 29.2 Å². The molecule has 12 aromatic carbocycles. The average Bonchev–Trinajstić information content (AvgIpc) is 0.810. The lowest BCUT2D eigenvalue weighted by atomic mass is 10.1. The first-order chi connectivity index (χ1) is 48.9. The van der Waals surface area contributed by atoms with Crippen molar-refractivity contribution in [2.75, 3.05) is 0 Å². The van der Waals surface area contributed by atoms with E-state index in [-0.39, 0.29) is 24.2 Å². The molecule has 12 aromatic rings. The number of hydrogen-bond acceptors (Lipinski definition) is 4. The molecule has 504 valence electrons. The Morgan fingerprint density at radius 3 is 0.420 bits per heavy atom. The lowest BCUT2D eigenvalue weighted by Crippen LogP contribution is -2.30. The van der Waals surface area contributed by atoms with Crippen molar-refractivity contribution in [2.45, 2.75) is 49.9 Å². The average molecular weight is 1390 g/mol. The third kappa shape index (κ3) is 20.3. The molecule has 0 aliphatic carbocycles. The predicted molar refractivity (Wildman–Crippen MR) is 428 cm³/mol. The third-order valence-electron chi connectivity index (χ3n) is 16.7. The highest BCUT2D eigenvalue weighted by atomic mass is 31.2. The minimum absolute atomic E-state index is 0.0649. The van der Waals surface area contributed by atoms with E-state index in [0.29, 0.717) is 25.7 Å². The molecule has 12 heteroatoms. The van der Waals surface area contributed by atoms with E-state index in [0.717, 1.165) is 64.7 Å². The summed E-state index contributed by atoms with van der Waals surface area (Å²) >= 11 is 0. The van der Waals surface area contributed by atoms with Gasteiger partial charge in [0.15, 0.2) is 0 Å². The van der Waals surface area contributed by atoms with Crippen LogP contribution in [0, 0.1) is 0 Å². The fraction of sp³-hybridized carbons (Fsp3) is 0.0909. The van der Waals surface area contributed by atoms with Gasteiger partial charge >= 0.3 is 0 Å². The summed E-state index contributed by atoms with van der Waals surface area (Å²) in [7, 11) is -11.9. The van der Waals surface area contributed by atoms with Crippen LogP contribution in [0.3, 0.4) is 0 Å². The van der Waals surface area contributed by atoms with E-state index in [9.17, 15) is 18.3 Å². The molecule has 0 heterocycles. The van der Waals surface area contributed by atoms with Crippen LogP contribution in [0.2, 0.25) is 0 Å². The molecule has 0 bridgehead atoms. The topological polar surface area (TPSA) is 116 Å². The maximum atomic E-state index is 14.1. The molecule has 8 nitrogen and oxygen atoms in total. The highest BCUT2D eigenvalue weighted by Gasteiger charge is 2.34. The molecular weight excluding hydrogens is 1300 g/mol. The second-order valence-electron chi connectivity index (χ2n) is 23.6. The van der Waals surface area contributed by atoms with Gasteiger partial charge in [-0.1, -0.05) is 291 Å². The summed E-state index contributed by atoms with van der Waals surface area (Å²) in [6.45, 7) is 15.5. The monoisotopic (exact) mass is 1390 g/mol. The molecule has 0 saturated heterocycles. The summed E-state index contributed by atoms with van der Waals surface area (Å²) < 4.78 is 56.5. The molecule has 0 fully saturated rings.